The minimum atomic E-state index is 0.486. The van der Waals surface area contributed by atoms with Crippen LogP contribution >= 0.6 is 0 Å². The number of nitrogens with zero attached hydrogens (tertiary/aromatic N) is 10. The maximum Gasteiger partial charge on any atom is 0.163 e. The Morgan fingerprint density at radius 2 is 0.757 bits per heavy atom. The Kier molecular flexibility index (Phi) is 6.11. The third kappa shape index (κ3) is 5.16. The van der Waals surface area contributed by atoms with Crippen LogP contribution in [0.2, 0.25) is 0 Å². The van der Waals surface area contributed by atoms with Crippen LogP contribution in [0.15, 0.2) is 42.5 Å². The molecule has 0 N–H and O–H groups in total. The van der Waals surface area contributed by atoms with E-state index in [2.05, 4.69) is 45.9 Å². The minimum absolute atomic E-state index is 0.486. The van der Waals surface area contributed by atoms with Crippen molar-refractivity contribution in [1.82, 2.24) is 44.9 Å². The molecule has 180 valence electrons. The number of nitriles is 1. The van der Waals surface area contributed by atoms with Gasteiger partial charge < -0.3 is 0 Å². The second kappa shape index (κ2) is 9.54. The predicted octanol–water partition coefficient (Wildman–Crippen LogP) is 4.32. The Labute approximate surface area is 213 Å². The van der Waals surface area contributed by atoms with E-state index in [9.17, 15) is 0 Å². The average Bonchev–Trinajstić information content (AvgIpc) is 2.87. The van der Waals surface area contributed by atoms with Crippen LogP contribution < -0.4 is 0 Å². The number of rotatable bonds is 4. The average molecular weight is 487 g/mol. The standard InChI is InChI=1S/C27H22N10/c1-14-29-15(2)32-25(31-14)21-10-22(26-33-16(3)30-17(4)34-26)12-23(11-21)27-36-18(5)35-24(37-27)20-8-6-19(13-28)7-9-20/h6-12H,1-5H3. The Morgan fingerprint density at radius 3 is 1.14 bits per heavy atom. The van der Waals surface area contributed by atoms with Gasteiger partial charge in [-0.15, -0.1) is 0 Å². The maximum atomic E-state index is 9.12. The number of aryl methyl sites for hydroxylation is 5. The Morgan fingerprint density at radius 1 is 0.432 bits per heavy atom. The molecule has 0 aliphatic carbocycles. The van der Waals surface area contributed by atoms with Crippen LogP contribution in [0.25, 0.3) is 45.6 Å². The van der Waals surface area contributed by atoms with Gasteiger partial charge in [-0.05, 0) is 77.1 Å². The molecule has 5 rings (SSSR count). The first kappa shape index (κ1) is 23.7. The lowest BCUT2D eigenvalue weighted by molar-refractivity contribution is 0.925. The fourth-order valence-corrected chi connectivity index (χ4v) is 3.94. The quantitative estimate of drug-likeness (QED) is 0.360. The topological polar surface area (TPSA) is 140 Å². The molecule has 10 nitrogen and oxygen atoms in total. The molecule has 0 unspecified atom stereocenters. The SMILES string of the molecule is Cc1nc(C)nc(-c2cc(-c3nc(C)nc(C)n3)cc(-c3nc(C)nc(-c4ccc(C#N)cc4)n3)c2)n1. The molecular weight excluding hydrogens is 464 g/mol. The smallest absolute Gasteiger partial charge is 0.163 e. The van der Waals surface area contributed by atoms with Crippen LogP contribution in [0.3, 0.4) is 0 Å². The van der Waals surface area contributed by atoms with Crippen molar-refractivity contribution in [3.8, 4) is 51.6 Å². The van der Waals surface area contributed by atoms with Gasteiger partial charge in [-0.25, -0.2) is 44.9 Å². The number of hydrogen-bond acceptors (Lipinski definition) is 10. The molecule has 0 amide bonds. The fraction of sp³-hybridized carbons (Fsp3) is 0.185. The zero-order valence-corrected chi connectivity index (χ0v) is 21.0. The van der Waals surface area contributed by atoms with Gasteiger partial charge >= 0.3 is 0 Å². The molecule has 3 heterocycles. The third-order valence-corrected chi connectivity index (χ3v) is 5.45. The van der Waals surface area contributed by atoms with Crippen LogP contribution in [0.1, 0.15) is 34.7 Å². The van der Waals surface area contributed by atoms with Crippen molar-refractivity contribution in [3.63, 3.8) is 0 Å². The molecule has 5 aromatic rings. The van der Waals surface area contributed by atoms with E-state index < -0.39 is 0 Å². The molecule has 0 fully saturated rings. The van der Waals surface area contributed by atoms with E-state index in [1.54, 1.807) is 12.1 Å². The third-order valence-electron chi connectivity index (χ3n) is 5.45. The van der Waals surface area contributed by atoms with Crippen molar-refractivity contribution in [2.75, 3.05) is 0 Å². The molecule has 0 saturated carbocycles. The second-order valence-corrected chi connectivity index (χ2v) is 8.52. The van der Waals surface area contributed by atoms with E-state index in [0.717, 1.165) is 22.3 Å². The first-order valence-corrected chi connectivity index (χ1v) is 11.6. The highest BCUT2D eigenvalue weighted by molar-refractivity contribution is 5.75. The highest BCUT2D eigenvalue weighted by Crippen LogP contribution is 2.30. The second-order valence-electron chi connectivity index (χ2n) is 8.52. The molecular formula is C27H22N10. The summed E-state index contributed by atoms with van der Waals surface area (Å²) in [6, 6.07) is 15.1. The largest absolute Gasteiger partial charge is 0.219 e. The van der Waals surface area contributed by atoms with Gasteiger partial charge in [-0.1, -0.05) is 0 Å². The molecule has 0 spiro atoms. The molecule has 0 aliphatic rings. The minimum Gasteiger partial charge on any atom is -0.219 e. The lowest BCUT2D eigenvalue weighted by atomic mass is 10.0. The van der Waals surface area contributed by atoms with Crippen LogP contribution in [-0.4, -0.2) is 44.9 Å². The molecule has 0 saturated heterocycles. The Bertz CT molecular complexity index is 1580. The summed E-state index contributed by atoms with van der Waals surface area (Å²) in [5.41, 5.74) is 3.61. The van der Waals surface area contributed by atoms with Crippen LogP contribution in [0, 0.1) is 45.9 Å². The monoisotopic (exact) mass is 486 g/mol. The number of benzene rings is 2. The predicted molar refractivity (Wildman–Crippen MR) is 137 cm³/mol. The van der Waals surface area contributed by atoms with Crippen molar-refractivity contribution in [1.29, 1.82) is 5.26 Å². The van der Waals surface area contributed by atoms with Crippen molar-refractivity contribution in [2.45, 2.75) is 34.6 Å². The number of aromatic nitrogens is 9. The molecule has 0 radical (unpaired) electrons. The van der Waals surface area contributed by atoms with Crippen molar-refractivity contribution < 1.29 is 0 Å². The Balaban J connectivity index is 1.71. The Hall–Kier alpha value is -5.04. The maximum absolute atomic E-state index is 9.12. The highest BCUT2D eigenvalue weighted by atomic mass is 15.0. The first-order chi connectivity index (χ1) is 17.8. The van der Waals surface area contributed by atoms with Gasteiger partial charge in [-0.2, -0.15) is 5.26 Å². The summed E-state index contributed by atoms with van der Waals surface area (Å²) in [4.78, 5) is 40.7. The van der Waals surface area contributed by atoms with Crippen LogP contribution in [0.4, 0.5) is 0 Å². The van der Waals surface area contributed by atoms with Gasteiger partial charge in [0.15, 0.2) is 23.3 Å². The van der Waals surface area contributed by atoms with E-state index in [-0.39, 0.29) is 0 Å². The van der Waals surface area contributed by atoms with E-state index >= 15 is 0 Å². The first-order valence-electron chi connectivity index (χ1n) is 11.6. The lowest BCUT2D eigenvalue weighted by Gasteiger charge is -2.11. The van der Waals surface area contributed by atoms with E-state index in [0.29, 0.717) is 58.0 Å². The van der Waals surface area contributed by atoms with E-state index in [1.165, 1.54) is 0 Å². The summed E-state index contributed by atoms with van der Waals surface area (Å²) in [6.45, 7) is 9.16. The summed E-state index contributed by atoms with van der Waals surface area (Å²) in [7, 11) is 0. The van der Waals surface area contributed by atoms with Crippen molar-refractivity contribution in [2.24, 2.45) is 0 Å². The van der Waals surface area contributed by atoms with E-state index in [4.69, 9.17) is 10.2 Å². The lowest BCUT2D eigenvalue weighted by Crippen LogP contribution is -2.03. The summed E-state index contributed by atoms with van der Waals surface area (Å²) < 4.78 is 0. The van der Waals surface area contributed by atoms with Crippen molar-refractivity contribution >= 4 is 0 Å². The van der Waals surface area contributed by atoms with Crippen LogP contribution in [-0.2, 0) is 0 Å². The highest BCUT2D eigenvalue weighted by Gasteiger charge is 2.16. The molecule has 0 atom stereocenters. The summed E-state index contributed by atoms with van der Waals surface area (Å²) in [5, 5.41) is 9.12. The van der Waals surface area contributed by atoms with Crippen LogP contribution in [0.5, 0.6) is 0 Å². The van der Waals surface area contributed by atoms with Gasteiger partial charge in [0.2, 0.25) is 0 Å². The van der Waals surface area contributed by atoms with Gasteiger partial charge in [0.1, 0.15) is 29.1 Å². The molecule has 2 aromatic carbocycles. The summed E-state index contributed by atoms with van der Waals surface area (Å²) in [6.07, 6.45) is 0. The van der Waals surface area contributed by atoms with Gasteiger partial charge in [0.25, 0.3) is 0 Å². The molecule has 3 aromatic heterocycles. The fourth-order valence-electron chi connectivity index (χ4n) is 3.94. The summed E-state index contributed by atoms with van der Waals surface area (Å²) >= 11 is 0. The molecule has 0 aliphatic heterocycles. The summed E-state index contributed by atoms with van der Waals surface area (Å²) in [5.74, 6) is 5.14. The van der Waals surface area contributed by atoms with Gasteiger partial charge in [0.05, 0.1) is 11.6 Å². The normalized spacial score (nSPS) is 10.8. The zero-order valence-electron chi connectivity index (χ0n) is 21.0. The molecule has 0 bridgehead atoms. The van der Waals surface area contributed by atoms with Gasteiger partial charge in [-0.3, -0.25) is 0 Å². The van der Waals surface area contributed by atoms with Crippen molar-refractivity contribution in [3.05, 3.63) is 77.2 Å². The zero-order chi connectivity index (χ0) is 26.1. The molecule has 10 heteroatoms. The molecule has 37 heavy (non-hydrogen) atoms. The number of hydrogen-bond donors (Lipinski definition) is 0. The van der Waals surface area contributed by atoms with E-state index in [1.807, 2.05) is 65.0 Å². The van der Waals surface area contributed by atoms with Gasteiger partial charge in [0, 0.05) is 22.3 Å².